The molecule has 0 atom stereocenters. The monoisotopic (exact) mass is 325 g/mol. The minimum atomic E-state index is 0.419. The van der Waals surface area contributed by atoms with Crippen molar-refractivity contribution in [1.82, 2.24) is 10.3 Å². The summed E-state index contributed by atoms with van der Waals surface area (Å²) in [5, 5.41) is 3.39. The predicted molar refractivity (Wildman–Crippen MR) is 100 cm³/mol. The number of piperazine rings is 1. The number of pyridine rings is 1. The van der Waals surface area contributed by atoms with Crippen molar-refractivity contribution in [2.24, 2.45) is 0 Å². The smallest absolute Gasteiger partial charge is 0.129 e. The fourth-order valence-electron chi connectivity index (χ4n) is 3.10. The van der Waals surface area contributed by atoms with Gasteiger partial charge in [0.1, 0.15) is 11.6 Å². The van der Waals surface area contributed by atoms with E-state index in [2.05, 4.69) is 60.5 Å². The third kappa shape index (κ3) is 3.70. The molecule has 1 fully saturated rings. The summed E-state index contributed by atoms with van der Waals surface area (Å²) in [5.74, 6) is 2.46. The van der Waals surface area contributed by atoms with E-state index in [0.717, 1.165) is 49.0 Å². The van der Waals surface area contributed by atoms with Gasteiger partial charge in [-0.1, -0.05) is 19.9 Å². The van der Waals surface area contributed by atoms with Crippen LogP contribution in [0.2, 0.25) is 0 Å². The molecule has 1 saturated heterocycles. The number of ether oxygens (including phenoxy) is 1. The minimum Gasteiger partial charge on any atom is -0.494 e. The second kappa shape index (κ2) is 7.67. The lowest BCUT2D eigenvalue weighted by Gasteiger charge is -2.28. The first-order valence-electron chi connectivity index (χ1n) is 8.89. The van der Waals surface area contributed by atoms with Gasteiger partial charge in [0.2, 0.25) is 0 Å². The molecular weight excluding hydrogens is 298 g/mol. The van der Waals surface area contributed by atoms with Crippen molar-refractivity contribution >= 4 is 5.82 Å². The average molecular weight is 325 g/mol. The zero-order valence-electron chi connectivity index (χ0n) is 14.9. The van der Waals surface area contributed by atoms with E-state index in [1.165, 1.54) is 5.56 Å². The van der Waals surface area contributed by atoms with Gasteiger partial charge < -0.3 is 15.0 Å². The van der Waals surface area contributed by atoms with Crippen molar-refractivity contribution < 1.29 is 4.74 Å². The molecule has 1 aliphatic rings. The summed E-state index contributed by atoms with van der Waals surface area (Å²) in [6.07, 6.45) is 0. The van der Waals surface area contributed by atoms with Crippen molar-refractivity contribution in [2.75, 3.05) is 37.7 Å². The fraction of sp³-hybridized carbons (Fsp3) is 0.450. The maximum Gasteiger partial charge on any atom is 0.129 e. The van der Waals surface area contributed by atoms with E-state index in [1.807, 2.05) is 6.92 Å². The van der Waals surface area contributed by atoms with Crippen molar-refractivity contribution in [1.29, 1.82) is 0 Å². The van der Waals surface area contributed by atoms with Gasteiger partial charge in [-0.25, -0.2) is 4.98 Å². The first kappa shape index (κ1) is 16.8. The number of nitrogens with one attached hydrogen (secondary N) is 1. The first-order valence-corrected chi connectivity index (χ1v) is 8.89. The number of aromatic nitrogens is 1. The van der Waals surface area contributed by atoms with E-state index < -0.39 is 0 Å². The molecule has 0 radical (unpaired) electrons. The standard InChI is InChI=1S/C20H27N3O/c1-4-24-19-9-8-16(14-17(19)15(2)3)18-6-5-7-20(22-18)23-12-10-21-11-13-23/h5-9,14-15,21H,4,10-13H2,1-3H3. The molecule has 4 nitrogen and oxygen atoms in total. The van der Waals surface area contributed by atoms with E-state index in [0.29, 0.717) is 12.5 Å². The number of nitrogens with zero attached hydrogens (tertiary/aromatic N) is 2. The van der Waals surface area contributed by atoms with Crippen LogP contribution < -0.4 is 15.0 Å². The molecule has 0 spiro atoms. The molecule has 24 heavy (non-hydrogen) atoms. The predicted octanol–water partition coefficient (Wildman–Crippen LogP) is 3.68. The lowest BCUT2D eigenvalue weighted by Crippen LogP contribution is -2.43. The molecule has 0 bridgehead atoms. The van der Waals surface area contributed by atoms with Gasteiger partial charge in [-0.2, -0.15) is 0 Å². The Kier molecular flexibility index (Phi) is 5.36. The Morgan fingerprint density at radius 1 is 1.17 bits per heavy atom. The lowest BCUT2D eigenvalue weighted by molar-refractivity contribution is 0.335. The zero-order chi connectivity index (χ0) is 16.9. The molecule has 2 heterocycles. The Labute approximate surface area is 144 Å². The van der Waals surface area contributed by atoms with Crippen LogP contribution in [0.25, 0.3) is 11.3 Å². The second-order valence-electron chi connectivity index (χ2n) is 6.46. The molecule has 0 amide bonds. The van der Waals surface area contributed by atoms with Crippen LogP contribution in [0.3, 0.4) is 0 Å². The molecule has 1 aromatic heterocycles. The Morgan fingerprint density at radius 2 is 1.96 bits per heavy atom. The number of hydrogen-bond donors (Lipinski definition) is 1. The number of benzene rings is 1. The van der Waals surface area contributed by atoms with E-state index in [1.54, 1.807) is 0 Å². The molecule has 1 aromatic carbocycles. The number of hydrogen-bond acceptors (Lipinski definition) is 4. The molecule has 0 aliphatic carbocycles. The van der Waals surface area contributed by atoms with Crippen LogP contribution in [-0.2, 0) is 0 Å². The average Bonchev–Trinajstić information content (AvgIpc) is 2.63. The molecule has 0 saturated carbocycles. The lowest BCUT2D eigenvalue weighted by atomic mass is 9.98. The molecule has 3 rings (SSSR count). The van der Waals surface area contributed by atoms with Crippen molar-refractivity contribution in [3.63, 3.8) is 0 Å². The summed E-state index contributed by atoms with van der Waals surface area (Å²) in [7, 11) is 0. The van der Waals surface area contributed by atoms with Crippen LogP contribution in [0.5, 0.6) is 5.75 Å². The van der Waals surface area contributed by atoms with Crippen LogP contribution in [0.15, 0.2) is 36.4 Å². The van der Waals surface area contributed by atoms with Gasteiger partial charge in [0, 0.05) is 31.7 Å². The van der Waals surface area contributed by atoms with Crippen LogP contribution in [-0.4, -0.2) is 37.8 Å². The van der Waals surface area contributed by atoms with Crippen molar-refractivity contribution in [3.05, 3.63) is 42.0 Å². The highest BCUT2D eigenvalue weighted by molar-refractivity contribution is 5.64. The summed E-state index contributed by atoms with van der Waals surface area (Å²) in [4.78, 5) is 7.25. The van der Waals surface area contributed by atoms with Crippen molar-refractivity contribution in [2.45, 2.75) is 26.7 Å². The maximum atomic E-state index is 5.77. The highest BCUT2D eigenvalue weighted by Crippen LogP contribution is 2.31. The van der Waals surface area contributed by atoms with Crippen LogP contribution >= 0.6 is 0 Å². The fourth-order valence-corrected chi connectivity index (χ4v) is 3.10. The first-order chi connectivity index (χ1) is 11.7. The SMILES string of the molecule is CCOc1ccc(-c2cccc(N3CCNCC3)n2)cc1C(C)C. The van der Waals surface area contributed by atoms with Gasteiger partial charge in [-0.05, 0) is 48.7 Å². The van der Waals surface area contributed by atoms with E-state index in [4.69, 9.17) is 9.72 Å². The number of anilines is 1. The van der Waals surface area contributed by atoms with Gasteiger partial charge in [0.05, 0.1) is 12.3 Å². The molecule has 4 heteroatoms. The van der Waals surface area contributed by atoms with Gasteiger partial charge >= 0.3 is 0 Å². The van der Waals surface area contributed by atoms with Gasteiger partial charge in [0.25, 0.3) is 0 Å². The normalized spacial score (nSPS) is 14.9. The Hall–Kier alpha value is -2.07. The van der Waals surface area contributed by atoms with E-state index in [-0.39, 0.29) is 0 Å². The summed E-state index contributed by atoms with van der Waals surface area (Å²) in [6.45, 7) is 11.2. The van der Waals surface area contributed by atoms with Crippen LogP contribution in [0.1, 0.15) is 32.3 Å². The summed E-state index contributed by atoms with van der Waals surface area (Å²) < 4.78 is 5.77. The maximum absolute atomic E-state index is 5.77. The second-order valence-corrected chi connectivity index (χ2v) is 6.46. The van der Waals surface area contributed by atoms with Gasteiger partial charge in [-0.15, -0.1) is 0 Å². The number of rotatable bonds is 5. The molecule has 1 N–H and O–H groups in total. The zero-order valence-corrected chi connectivity index (χ0v) is 14.9. The molecular formula is C20H27N3O. The van der Waals surface area contributed by atoms with Crippen molar-refractivity contribution in [3.8, 4) is 17.0 Å². The third-order valence-electron chi connectivity index (χ3n) is 4.40. The minimum absolute atomic E-state index is 0.419. The molecule has 1 aliphatic heterocycles. The van der Waals surface area contributed by atoms with Crippen LogP contribution in [0, 0.1) is 0 Å². The third-order valence-corrected chi connectivity index (χ3v) is 4.40. The summed E-state index contributed by atoms with van der Waals surface area (Å²) >= 11 is 0. The largest absolute Gasteiger partial charge is 0.494 e. The molecule has 0 unspecified atom stereocenters. The van der Waals surface area contributed by atoms with E-state index in [9.17, 15) is 0 Å². The topological polar surface area (TPSA) is 37.4 Å². The highest BCUT2D eigenvalue weighted by atomic mass is 16.5. The Balaban J connectivity index is 1.92. The quantitative estimate of drug-likeness (QED) is 0.910. The highest BCUT2D eigenvalue weighted by Gasteiger charge is 2.14. The summed E-state index contributed by atoms with van der Waals surface area (Å²) in [6, 6.07) is 12.7. The Morgan fingerprint density at radius 3 is 2.67 bits per heavy atom. The van der Waals surface area contributed by atoms with Crippen LogP contribution in [0.4, 0.5) is 5.82 Å². The summed E-state index contributed by atoms with van der Waals surface area (Å²) in [5.41, 5.74) is 3.42. The van der Waals surface area contributed by atoms with Gasteiger partial charge in [-0.3, -0.25) is 0 Å². The Bertz CT molecular complexity index is 678. The molecule has 2 aromatic rings. The van der Waals surface area contributed by atoms with E-state index >= 15 is 0 Å². The van der Waals surface area contributed by atoms with Gasteiger partial charge in [0.15, 0.2) is 0 Å². The molecule has 128 valence electrons.